The van der Waals surface area contributed by atoms with Crippen molar-refractivity contribution in [2.24, 2.45) is 0 Å². The fourth-order valence-corrected chi connectivity index (χ4v) is 3.84. The summed E-state index contributed by atoms with van der Waals surface area (Å²) < 4.78 is 10.6. The number of carbonyl (C=O) groups excluding carboxylic acids is 2. The lowest BCUT2D eigenvalue weighted by molar-refractivity contribution is -0.128. The normalized spacial score (nSPS) is 21.8. The summed E-state index contributed by atoms with van der Waals surface area (Å²) in [4.78, 5) is 25.0. The highest BCUT2D eigenvalue weighted by Crippen LogP contribution is 2.39. The molecule has 0 radical (unpaired) electrons. The number of amides is 2. The molecule has 1 aliphatic heterocycles. The molecule has 2 amide bonds. The van der Waals surface area contributed by atoms with Gasteiger partial charge in [-0.3, -0.25) is 9.59 Å². The Morgan fingerprint density at radius 3 is 2.75 bits per heavy atom. The van der Waals surface area contributed by atoms with Gasteiger partial charge in [-0.05, 0) is 24.5 Å². The van der Waals surface area contributed by atoms with Crippen molar-refractivity contribution in [3.8, 4) is 5.75 Å². The van der Waals surface area contributed by atoms with Crippen molar-refractivity contribution >= 4 is 17.5 Å². The first-order valence-corrected chi connectivity index (χ1v) is 8.36. The molecule has 2 N–H and O–H groups in total. The lowest BCUT2D eigenvalue weighted by atomic mass is 9.88. The van der Waals surface area contributed by atoms with Gasteiger partial charge in [-0.1, -0.05) is 25.0 Å². The average molecular weight is 332 g/mol. The molecule has 0 aromatic heterocycles. The van der Waals surface area contributed by atoms with Crippen molar-refractivity contribution in [2.45, 2.75) is 43.6 Å². The van der Waals surface area contributed by atoms with Gasteiger partial charge in [-0.25, -0.2) is 0 Å². The molecule has 0 bridgehead atoms. The van der Waals surface area contributed by atoms with Gasteiger partial charge in [0.2, 0.25) is 11.8 Å². The van der Waals surface area contributed by atoms with E-state index in [0.717, 1.165) is 31.2 Å². The van der Waals surface area contributed by atoms with Crippen molar-refractivity contribution in [3.63, 3.8) is 0 Å². The Morgan fingerprint density at radius 1 is 1.33 bits per heavy atom. The maximum absolute atomic E-state index is 13.0. The lowest BCUT2D eigenvalue weighted by Gasteiger charge is -2.33. The predicted octanol–water partition coefficient (Wildman–Crippen LogP) is 2.20. The van der Waals surface area contributed by atoms with Crippen LogP contribution in [0.4, 0.5) is 5.69 Å². The predicted molar refractivity (Wildman–Crippen MR) is 90.2 cm³/mol. The SMILES string of the molecule is COCC1(NC(=O)C2CC(=O)Nc3c(OC)cccc32)CCCC1. The summed E-state index contributed by atoms with van der Waals surface area (Å²) in [5.74, 6) is -0.207. The quantitative estimate of drug-likeness (QED) is 0.866. The Kier molecular flexibility index (Phi) is 4.76. The van der Waals surface area contributed by atoms with Crippen LogP contribution in [-0.2, 0) is 14.3 Å². The molecular weight excluding hydrogens is 308 g/mol. The Bertz CT molecular complexity index is 638. The summed E-state index contributed by atoms with van der Waals surface area (Å²) in [7, 11) is 3.21. The van der Waals surface area contributed by atoms with Gasteiger partial charge in [0.05, 0.1) is 30.9 Å². The third-order valence-electron chi connectivity index (χ3n) is 4.99. The molecule has 0 saturated heterocycles. The first-order valence-electron chi connectivity index (χ1n) is 8.36. The molecule has 0 spiro atoms. The molecule has 1 unspecified atom stereocenters. The largest absolute Gasteiger partial charge is 0.495 e. The topological polar surface area (TPSA) is 76.7 Å². The maximum Gasteiger partial charge on any atom is 0.228 e. The van der Waals surface area contributed by atoms with E-state index in [1.54, 1.807) is 20.3 Å². The molecule has 1 atom stereocenters. The van der Waals surface area contributed by atoms with Crippen molar-refractivity contribution < 1.29 is 19.1 Å². The van der Waals surface area contributed by atoms with E-state index >= 15 is 0 Å². The van der Waals surface area contributed by atoms with Crippen LogP contribution in [-0.4, -0.2) is 38.2 Å². The molecular formula is C18H24N2O4. The van der Waals surface area contributed by atoms with E-state index < -0.39 is 5.92 Å². The molecule has 1 fully saturated rings. The van der Waals surface area contributed by atoms with Crippen LogP contribution in [0, 0.1) is 0 Å². The zero-order valence-electron chi connectivity index (χ0n) is 14.2. The zero-order valence-corrected chi connectivity index (χ0v) is 14.2. The number of ether oxygens (including phenoxy) is 2. The minimum atomic E-state index is -0.502. The molecule has 6 heteroatoms. The van der Waals surface area contributed by atoms with E-state index in [4.69, 9.17) is 9.47 Å². The van der Waals surface area contributed by atoms with Gasteiger partial charge in [-0.15, -0.1) is 0 Å². The Labute approximate surface area is 141 Å². The first kappa shape index (κ1) is 16.8. The number of hydrogen-bond acceptors (Lipinski definition) is 4. The van der Waals surface area contributed by atoms with Crippen LogP contribution in [0.25, 0.3) is 0 Å². The van der Waals surface area contributed by atoms with Crippen LogP contribution in [0.3, 0.4) is 0 Å². The van der Waals surface area contributed by atoms with Crippen molar-refractivity contribution in [1.82, 2.24) is 5.32 Å². The second kappa shape index (κ2) is 6.81. The van der Waals surface area contributed by atoms with E-state index in [1.165, 1.54) is 0 Å². The Balaban J connectivity index is 1.87. The second-order valence-corrected chi connectivity index (χ2v) is 6.64. The summed E-state index contributed by atoms with van der Waals surface area (Å²) in [6.07, 6.45) is 4.14. The van der Waals surface area contributed by atoms with Gasteiger partial charge >= 0.3 is 0 Å². The van der Waals surface area contributed by atoms with Gasteiger partial charge in [0.25, 0.3) is 0 Å². The molecule has 1 saturated carbocycles. The number of benzene rings is 1. The highest BCUT2D eigenvalue weighted by molar-refractivity contribution is 6.02. The summed E-state index contributed by atoms with van der Waals surface area (Å²) in [5, 5.41) is 6.00. The number of fused-ring (bicyclic) bond motifs is 1. The van der Waals surface area contributed by atoms with E-state index in [1.807, 2.05) is 12.1 Å². The molecule has 2 aliphatic rings. The molecule has 1 heterocycles. The van der Waals surface area contributed by atoms with Crippen molar-refractivity contribution in [3.05, 3.63) is 23.8 Å². The smallest absolute Gasteiger partial charge is 0.228 e. The number of para-hydroxylation sites is 1. The highest BCUT2D eigenvalue weighted by atomic mass is 16.5. The average Bonchev–Trinajstić information content (AvgIpc) is 3.02. The summed E-state index contributed by atoms with van der Waals surface area (Å²) >= 11 is 0. The summed E-state index contributed by atoms with van der Waals surface area (Å²) in [6.45, 7) is 0.503. The number of anilines is 1. The van der Waals surface area contributed by atoms with E-state index in [-0.39, 0.29) is 23.8 Å². The molecule has 3 rings (SSSR count). The van der Waals surface area contributed by atoms with E-state index in [9.17, 15) is 9.59 Å². The summed E-state index contributed by atoms with van der Waals surface area (Å²) in [6, 6.07) is 5.50. The van der Waals surface area contributed by atoms with Gasteiger partial charge in [-0.2, -0.15) is 0 Å². The van der Waals surface area contributed by atoms with Crippen LogP contribution in [0.15, 0.2) is 18.2 Å². The Morgan fingerprint density at radius 2 is 2.08 bits per heavy atom. The van der Waals surface area contributed by atoms with Crippen LogP contribution in [0.2, 0.25) is 0 Å². The highest BCUT2D eigenvalue weighted by Gasteiger charge is 2.39. The van der Waals surface area contributed by atoms with E-state index in [0.29, 0.717) is 18.0 Å². The first-order chi connectivity index (χ1) is 11.6. The van der Waals surface area contributed by atoms with Crippen LogP contribution in [0.5, 0.6) is 5.75 Å². The standard InChI is InChI=1S/C18H24N2O4/c1-23-11-18(8-3-4-9-18)20-17(22)13-10-15(21)19-16-12(13)6-5-7-14(16)24-2/h5-7,13H,3-4,8-11H2,1-2H3,(H,19,21)(H,20,22). The fourth-order valence-electron chi connectivity index (χ4n) is 3.84. The van der Waals surface area contributed by atoms with Gasteiger partial charge < -0.3 is 20.1 Å². The monoisotopic (exact) mass is 332 g/mol. The number of methoxy groups -OCH3 is 2. The summed E-state index contributed by atoms with van der Waals surface area (Å²) in [5.41, 5.74) is 1.10. The van der Waals surface area contributed by atoms with Crippen molar-refractivity contribution in [2.75, 3.05) is 26.1 Å². The third-order valence-corrected chi connectivity index (χ3v) is 4.99. The molecule has 130 valence electrons. The molecule has 24 heavy (non-hydrogen) atoms. The Hall–Kier alpha value is -2.08. The third kappa shape index (κ3) is 3.11. The molecule has 1 aromatic rings. The van der Waals surface area contributed by atoms with Gasteiger partial charge in [0, 0.05) is 13.5 Å². The zero-order chi connectivity index (χ0) is 17.2. The van der Waals surface area contributed by atoms with Crippen molar-refractivity contribution in [1.29, 1.82) is 0 Å². The van der Waals surface area contributed by atoms with Gasteiger partial charge in [0.15, 0.2) is 0 Å². The van der Waals surface area contributed by atoms with Crippen LogP contribution in [0.1, 0.15) is 43.6 Å². The van der Waals surface area contributed by atoms with Crippen LogP contribution >= 0.6 is 0 Å². The minimum absolute atomic E-state index is 0.113. The van der Waals surface area contributed by atoms with Crippen LogP contribution < -0.4 is 15.4 Å². The van der Waals surface area contributed by atoms with Gasteiger partial charge in [0.1, 0.15) is 5.75 Å². The number of carbonyl (C=O) groups is 2. The molecule has 1 aliphatic carbocycles. The number of rotatable bonds is 5. The fraction of sp³-hybridized carbons (Fsp3) is 0.556. The maximum atomic E-state index is 13.0. The number of hydrogen-bond donors (Lipinski definition) is 2. The second-order valence-electron chi connectivity index (χ2n) is 6.64. The van der Waals surface area contributed by atoms with E-state index in [2.05, 4.69) is 10.6 Å². The number of nitrogens with one attached hydrogen (secondary N) is 2. The molecule has 1 aromatic carbocycles. The molecule has 6 nitrogen and oxygen atoms in total. The lowest BCUT2D eigenvalue weighted by Crippen LogP contribution is -2.51. The minimum Gasteiger partial charge on any atom is -0.495 e.